The van der Waals surface area contributed by atoms with E-state index in [9.17, 15) is 18.0 Å². The van der Waals surface area contributed by atoms with E-state index in [0.29, 0.717) is 4.80 Å². The van der Waals surface area contributed by atoms with Crippen molar-refractivity contribution >= 4 is 43.3 Å². The number of ether oxygens (including phenoxy) is 1. The number of esters is 1. The Kier molecular flexibility index (Phi) is 7.86. The molecule has 0 unspecified atom stereocenters. The molecular formula is C24H28N2O5S2. The molecule has 176 valence electrons. The van der Waals surface area contributed by atoms with Gasteiger partial charge in [-0.15, -0.1) is 0 Å². The third kappa shape index (κ3) is 5.59. The van der Waals surface area contributed by atoms with E-state index in [1.54, 1.807) is 18.4 Å². The highest BCUT2D eigenvalue weighted by molar-refractivity contribution is 7.92. The Morgan fingerprint density at radius 2 is 1.82 bits per heavy atom. The molecule has 9 heteroatoms. The number of hydrogen-bond acceptors (Lipinski definition) is 6. The molecule has 0 bridgehead atoms. The molecule has 0 spiro atoms. The highest BCUT2D eigenvalue weighted by Crippen LogP contribution is 2.21. The van der Waals surface area contributed by atoms with Crippen molar-refractivity contribution in [2.45, 2.75) is 56.7 Å². The summed E-state index contributed by atoms with van der Waals surface area (Å²) in [5.74, 6) is -0.957. The summed E-state index contributed by atoms with van der Waals surface area (Å²) < 4.78 is 32.1. The van der Waals surface area contributed by atoms with Gasteiger partial charge in [0.15, 0.2) is 14.6 Å². The zero-order valence-corrected chi connectivity index (χ0v) is 20.8. The lowest BCUT2D eigenvalue weighted by Crippen LogP contribution is -2.22. The summed E-state index contributed by atoms with van der Waals surface area (Å²) in [6, 6.07) is 11.8. The molecule has 7 nitrogen and oxygen atoms in total. The molecule has 2 aromatic carbocycles. The van der Waals surface area contributed by atoms with E-state index >= 15 is 0 Å². The number of carbonyl (C=O) groups is 2. The topological polar surface area (TPSA) is 94.8 Å². The highest BCUT2D eigenvalue weighted by Gasteiger charge is 2.19. The van der Waals surface area contributed by atoms with Crippen LogP contribution in [-0.2, 0) is 32.3 Å². The van der Waals surface area contributed by atoms with Crippen LogP contribution in [0.25, 0.3) is 10.2 Å². The van der Waals surface area contributed by atoms with Gasteiger partial charge in [0.05, 0.1) is 27.5 Å². The first-order valence-corrected chi connectivity index (χ1v) is 13.2. The Labute approximate surface area is 197 Å². The van der Waals surface area contributed by atoms with Crippen LogP contribution in [-0.4, -0.2) is 37.2 Å². The van der Waals surface area contributed by atoms with Crippen LogP contribution in [0.4, 0.5) is 0 Å². The molecular weight excluding hydrogens is 460 g/mol. The molecule has 1 heterocycles. The molecule has 3 rings (SSSR count). The SMILES string of the molecule is CCCCc1ccc2c(c1)sc(=NC(=O)c1ccc(S(=O)(=O)C(C)C)cc1)n2CC(=O)OC. The predicted octanol–water partition coefficient (Wildman–Crippen LogP) is 4.14. The first kappa shape index (κ1) is 24.9. The number of rotatable bonds is 8. The van der Waals surface area contributed by atoms with Gasteiger partial charge in [-0.3, -0.25) is 9.59 Å². The van der Waals surface area contributed by atoms with Crippen LogP contribution in [0.1, 0.15) is 49.5 Å². The largest absolute Gasteiger partial charge is 0.468 e. The highest BCUT2D eigenvalue weighted by atomic mass is 32.2. The Morgan fingerprint density at radius 3 is 2.42 bits per heavy atom. The van der Waals surface area contributed by atoms with E-state index in [0.717, 1.165) is 29.5 Å². The van der Waals surface area contributed by atoms with Crippen LogP contribution in [0.2, 0.25) is 0 Å². The molecule has 1 aromatic heterocycles. The first-order valence-electron chi connectivity index (χ1n) is 10.8. The number of methoxy groups -OCH3 is 1. The maximum atomic E-state index is 12.9. The van der Waals surface area contributed by atoms with Crippen LogP contribution in [0, 0.1) is 0 Å². The molecule has 0 aliphatic carbocycles. The fourth-order valence-electron chi connectivity index (χ4n) is 3.30. The maximum Gasteiger partial charge on any atom is 0.325 e. The van der Waals surface area contributed by atoms with Crippen LogP contribution in [0.5, 0.6) is 0 Å². The summed E-state index contributed by atoms with van der Waals surface area (Å²) in [7, 11) is -2.11. The predicted molar refractivity (Wildman–Crippen MR) is 129 cm³/mol. The second-order valence-electron chi connectivity index (χ2n) is 7.99. The van der Waals surface area contributed by atoms with Gasteiger partial charge >= 0.3 is 5.97 Å². The maximum absolute atomic E-state index is 12.9. The van der Waals surface area contributed by atoms with Crippen molar-refractivity contribution in [3.63, 3.8) is 0 Å². The monoisotopic (exact) mass is 488 g/mol. The molecule has 0 atom stereocenters. The number of nitrogens with zero attached hydrogens (tertiary/aromatic N) is 2. The summed E-state index contributed by atoms with van der Waals surface area (Å²) in [4.78, 5) is 29.7. The fraction of sp³-hybridized carbons (Fsp3) is 0.375. The molecule has 0 radical (unpaired) electrons. The number of hydrogen-bond donors (Lipinski definition) is 0. The van der Waals surface area contributed by atoms with Gasteiger partial charge in [-0.2, -0.15) is 4.99 Å². The van der Waals surface area contributed by atoms with Gasteiger partial charge in [-0.25, -0.2) is 8.42 Å². The van der Waals surface area contributed by atoms with E-state index < -0.39 is 27.0 Å². The third-order valence-electron chi connectivity index (χ3n) is 5.33. The quantitative estimate of drug-likeness (QED) is 0.444. The normalized spacial score (nSPS) is 12.5. The molecule has 0 fully saturated rings. The summed E-state index contributed by atoms with van der Waals surface area (Å²) in [5.41, 5.74) is 2.26. The van der Waals surface area contributed by atoms with E-state index in [1.165, 1.54) is 48.3 Å². The number of carbonyl (C=O) groups excluding carboxylic acids is 2. The van der Waals surface area contributed by atoms with Crippen molar-refractivity contribution in [3.8, 4) is 0 Å². The summed E-state index contributed by atoms with van der Waals surface area (Å²) in [6.45, 7) is 5.29. The zero-order chi connectivity index (χ0) is 24.2. The number of fused-ring (bicyclic) bond motifs is 1. The van der Waals surface area contributed by atoms with Gasteiger partial charge in [0.25, 0.3) is 5.91 Å². The van der Waals surface area contributed by atoms with Crippen LogP contribution < -0.4 is 4.80 Å². The minimum absolute atomic E-state index is 0.0670. The Morgan fingerprint density at radius 1 is 1.12 bits per heavy atom. The summed E-state index contributed by atoms with van der Waals surface area (Å²) in [5, 5.41) is -0.554. The summed E-state index contributed by atoms with van der Waals surface area (Å²) >= 11 is 1.33. The van der Waals surface area contributed by atoms with E-state index in [1.807, 2.05) is 12.1 Å². The van der Waals surface area contributed by atoms with Gasteiger partial charge in [0, 0.05) is 5.56 Å². The smallest absolute Gasteiger partial charge is 0.325 e. The number of aromatic nitrogens is 1. The van der Waals surface area contributed by atoms with Crippen LogP contribution in [0.3, 0.4) is 0 Å². The standard InChI is InChI=1S/C24H28N2O5S2/c1-5-6-7-17-8-13-20-21(14-17)32-24(26(20)15-22(27)31-4)25-23(28)18-9-11-19(12-10-18)33(29,30)16(2)3/h8-14,16H,5-7,15H2,1-4H3. The molecule has 0 aliphatic rings. The molecule has 0 saturated carbocycles. The summed E-state index contributed by atoms with van der Waals surface area (Å²) in [6.07, 6.45) is 3.13. The van der Waals surface area contributed by atoms with Gasteiger partial charge in [0.1, 0.15) is 6.54 Å². The lowest BCUT2D eigenvalue weighted by atomic mass is 10.1. The molecule has 1 amide bonds. The average molecular weight is 489 g/mol. The molecule has 3 aromatic rings. The molecule has 0 aliphatic heterocycles. The number of sulfone groups is 1. The number of aryl methyl sites for hydroxylation is 1. The molecule has 0 saturated heterocycles. The third-order valence-corrected chi connectivity index (χ3v) is 8.54. The van der Waals surface area contributed by atoms with E-state index in [4.69, 9.17) is 4.74 Å². The lowest BCUT2D eigenvalue weighted by Gasteiger charge is -2.07. The lowest BCUT2D eigenvalue weighted by molar-refractivity contribution is -0.141. The van der Waals surface area contributed by atoms with Crippen molar-refractivity contribution in [2.24, 2.45) is 4.99 Å². The number of unbranched alkanes of at least 4 members (excludes halogenated alkanes) is 1. The Balaban J connectivity index is 2.03. The van der Waals surface area contributed by atoms with Gasteiger partial charge in [-0.1, -0.05) is 30.7 Å². The van der Waals surface area contributed by atoms with Crippen molar-refractivity contribution in [1.29, 1.82) is 0 Å². The molecule has 33 heavy (non-hydrogen) atoms. The van der Waals surface area contributed by atoms with Crippen molar-refractivity contribution in [1.82, 2.24) is 4.57 Å². The van der Waals surface area contributed by atoms with E-state index in [2.05, 4.69) is 18.0 Å². The van der Waals surface area contributed by atoms with Crippen LogP contribution >= 0.6 is 11.3 Å². The Bertz CT molecular complexity index is 1330. The van der Waals surface area contributed by atoms with Gasteiger partial charge < -0.3 is 9.30 Å². The van der Waals surface area contributed by atoms with Crippen LogP contribution in [0.15, 0.2) is 52.4 Å². The molecule has 0 N–H and O–H groups in total. The second-order valence-corrected chi connectivity index (χ2v) is 11.5. The van der Waals surface area contributed by atoms with Gasteiger partial charge in [0.2, 0.25) is 0 Å². The fourth-order valence-corrected chi connectivity index (χ4v) is 5.45. The Hall–Kier alpha value is -2.78. The average Bonchev–Trinajstić information content (AvgIpc) is 3.13. The number of amides is 1. The first-order chi connectivity index (χ1) is 15.7. The number of thiazole rings is 1. The number of benzene rings is 2. The van der Waals surface area contributed by atoms with Crippen molar-refractivity contribution in [3.05, 3.63) is 58.4 Å². The minimum atomic E-state index is -3.42. The minimum Gasteiger partial charge on any atom is -0.468 e. The zero-order valence-electron chi connectivity index (χ0n) is 19.2. The van der Waals surface area contributed by atoms with Gasteiger partial charge in [-0.05, 0) is 68.7 Å². The second kappa shape index (κ2) is 10.4. The van der Waals surface area contributed by atoms with Crippen molar-refractivity contribution in [2.75, 3.05) is 7.11 Å². The van der Waals surface area contributed by atoms with E-state index in [-0.39, 0.29) is 17.0 Å². The van der Waals surface area contributed by atoms with Crippen molar-refractivity contribution < 1.29 is 22.7 Å².